The maximum Gasteiger partial charge on any atom is 0.126 e. The first kappa shape index (κ1) is 21.4. The minimum atomic E-state index is -0.250. The highest BCUT2D eigenvalue weighted by molar-refractivity contribution is 6.14. The van der Waals surface area contributed by atoms with E-state index in [1.807, 2.05) is 14.0 Å². The molecule has 2 aliphatic rings. The molecule has 26 heavy (non-hydrogen) atoms. The quantitative estimate of drug-likeness (QED) is 0.236. The van der Waals surface area contributed by atoms with Crippen LogP contribution in [0, 0.1) is 11.8 Å². The number of hydrogen-bond donors (Lipinski definition) is 2. The Morgan fingerprint density at radius 3 is 2.69 bits per heavy atom. The van der Waals surface area contributed by atoms with Gasteiger partial charge in [0, 0.05) is 19.0 Å². The molecule has 2 N–H and O–H groups in total. The van der Waals surface area contributed by atoms with Crippen LogP contribution in [0.25, 0.3) is 0 Å². The molecule has 0 spiro atoms. The van der Waals surface area contributed by atoms with Crippen LogP contribution in [0.1, 0.15) is 33.6 Å². The van der Waals surface area contributed by atoms with Crippen molar-refractivity contribution in [2.75, 3.05) is 26.7 Å². The lowest BCUT2D eigenvalue weighted by atomic mass is 9.95. The van der Waals surface area contributed by atoms with Gasteiger partial charge < -0.3 is 20.0 Å². The Labute approximate surface area is 159 Å². The van der Waals surface area contributed by atoms with E-state index in [9.17, 15) is 9.90 Å². The van der Waals surface area contributed by atoms with Crippen molar-refractivity contribution in [1.82, 2.24) is 10.2 Å². The summed E-state index contributed by atoms with van der Waals surface area (Å²) in [5.41, 5.74) is 1.01. The van der Waals surface area contributed by atoms with Crippen LogP contribution >= 0.6 is 0 Å². The molecule has 1 saturated carbocycles. The molecule has 2 fully saturated rings. The third-order valence-electron chi connectivity index (χ3n) is 5.82. The molecule has 0 bridgehead atoms. The summed E-state index contributed by atoms with van der Waals surface area (Å²) >= 11 is 0. The molecule has 1 aliphatic heterocycles. The van der Waals surface area contributed by atoms with Crippen molar-refractivity contribution >= 4 is 14.1 Å². The largest absolute Gasteiger partial charge is 0.394 e. The van der Waals surface area contributed by atoms with Crippen LogP contribution < -0.4 is 5.32 Å². The van der Waals surface area contributed by atoms with Crippen molar-refractivity contribution in [2.45, 2.75) is 57.3 Å². The van der Waals surface area contributed by atoms with Crippen LogP contribution in [0.2, 0.25) is 5.82 Å². The molecule has 146 valence electrons. The summed E-state index contributed by atoms with van der Waals surface area (Å²) in [5, 5.41) is 12.9. The number of nitrogens with one attached hydrogen (secondary N) is 1. The molecular weight excluding hydrogens is 327 g/mol. The average Bonchev–Trinajstić information content (AvgIpc) is 3.55. The van der Waals surface area contributed by atoms with Gasteiger partial charge in [-0.25, -0.2) is 0 Å². The van der Waals surface area contributed by atoms with E-state index < -0.39 is 0 Å². The summed E-state index contributed by atoms with van der Waals surface area (Å²) in [4.78, 5) is 13.2. The number of aliphatic hydroxyl groups is 1. The summed E-state index contributed by atoms with van der Waals surface area (Å²) in [7, 11) is 4.15. The molecule has 5 nitrogen and oxygen atoms in total. The highest BCUT2D eigenvalue weighted by Crippen LogP contribution is 2.47. The van der Waals surface area contributed by atoms with Crippen molar-refractivity contribution in [3.05, 3.63) is 23.8 Å². The second-order valence-electron chi connectivity index (χ2n) is 8.11. The molecule has 1 saturated heterocycles. The number of hydrogen-bond acceptors (Lipinski definition) is 5. The SMILES string of the molecule is BC1CC1C(/C=C\C(C)OC1CN1CC(CC)(CO)NC)=C/C(C)C=O. The minimum Gasteiger partial charge on any atom is -0.394 e. The smallest absolute Gasteiger partial charge is 0.126 e. The van der Waals surface area contributed by atoms with Crippen molar-refractivity contribution in [1.29, 1.82) is 0 Å². The lowest BCUT2D eigenvalue weighted by Crippen LogP contribution is -2.51. The Hall–Kier alpha value is -0.945. The lowest BCUT2D eigenvalue weighted by molar-refractivity contribution is -0.109. The average molecular weight is 362 g/mol. The molecule has 7 atom stereocenters. The van der Waals surface area contributed by atoms with E-state index in [2.05, 4.69) is 50.1 Å². The predicted octanol–water partition coefficient (Wildman–Crippen LogP) is 1.15. The van der Waals surface area contributed by atoms with Gasteiger partial charge in [0.05, 0.1) is 18.2 Å². The molecule has 0 aromatic carbocycles. The molecule has 2 rings (SSSR count). The maximum atomic E-state index is 11.0. The Kier molecular flexibility index (Phi) is 7.65. The number of ether oxygens (including phenoxy) is 1. The number of carbonyl (C=O) groups is 1. The van der Waals surface area contributed by atoms with Crippen molar-refractivity contribution in [2.24, 2.45) is 11.8 Å². The van der Waals surface area contributed by atoms with E-state index in [4.69, 9.17) is 4.74 Å². The lowest BCUT2D eigenvalue weighted by Gasteiger charge is -2.31. The van der Waals surface area contributed by atoms with Gasteiger partial charge in [0.1, 0.15) is 20.4 Å². The van der Waals surface area contributed by atoms with Crippen LogP contribution in [-0.2, 0) is 9.53 Å². The molecule has 0 aromatic rings. The van der Waals surface area contributed by atoms with Gasteiger partial charge in [-0.15, -0.1) is 0 Å². The maximum absolute atomic E-state index is 11.0. The molecule has 0 amide bonds. The highest BCUT2D eigenvalue weighted by Gasteiger charge is 2.41. The van der Waals surface area contributed by atoms with E-state index in [1.54, 1.807) is 0 Å². The summed E-state index contributed by atoms with van der Waals surface area (Å²) in [6.45, 7) is 7.90. The number of likely N-dealkylation sites (N-methyl/N-ethyl adjacent to an activating group) is 1. The Balaban J connectivity index is 1.85. The topological polar surface area (TPSA) is 61.6 Å². The van der Waals surface area contributed by atoms with Crippen LogP contribution in [0.3, 0.4) is 0 Å². The zero-order valence-corrected chi connectivity index (χ0v) is 16.9. The zero-order chi connectivity index (χ0) is 19.3. The number of rotatable bonds is 12. The van der Waals surface area contributed by atoms with Crippen molar-refractivity contribution in [3.8, 4) is 0 Å². The molecule has 1 heterocycles. The van der Waals surface area contributed by atoms with Crippen LogP contribution in [-0.4, -0.2) is 68.8 Å². The summed E-state index contributed by atoms with van der Waals surface area (Å²) < 4.78 is 6.09. The van der Waals surface area contributed by atoms with Gasteiger partial charge in [0.2, 0.25) is 0 Å². The second-order valence-corrected chi connectivity index (χ2v) is 8.11. The van der Waals surface area contributed by atoms with E-state index >= 15 is 0 Å². The first-order chi connectivity index (χ1) is 12.4. The van der Waals surface area contributed by atoms with Crippen molar-refractivity contribution in [3.63, 3.8) is 0 Å². The van der Waals surface area contributed by atoms with E-state index in [1.165, 1.54) is 12.0 Å². The highest BCUT2D eigenvalue weighted by atomic mass is 16.5. The van der Waals surface area contributed by atoms with Gasteiger partial charge in [-0.05, 0) is 31.9 Å². The summed E-state index contributed by atoms with van der Waals surface area (Å²) in [6, 6.07) is 0. The Morgan fingerprint density at radius 2 is 2.19 bits per heavy atom. The third kappa shape index (κ3) is 5.78. The number of allylic oxidation sites excluding steroid dienone is 3. The van der Waals surface area contributed by atoms with Gasteiger partial charge in [0.25, 0.3) is 0 Å². The first-order valence-electron chi connectivity index (χ1n) is 9.92. The molecule has 1 aliphatic carbocycles. The van der Waals surface area contributed by atoms with Crippen LogP contribution in [0.15, 0.2) is 23.8 Å². The molecule has 7 unspecified atom stereocenters. The molecule has 6 heteroatoms. The fourth-order valence-corrected chi connectivity index (χ4v) is 3.42. The third-order valence-corrected chi connectivity index (χ3v) is 5.82. The zero-order valence-electron chi connectivity index (χ0n) is 16.9. The van der Waals surface area contributed by atoms with Gasteiger partial charge in [-0.1, -0.05) is 44.3 Å². The Bertz CT molecular complexity index is 525. The van der Waals surface area contributed by atoms with E-state index in [0.717, 1.165) is 25.8 Å². The fourth-order valence-electron chi connectivity index (χ4n) is 3.42. The van der Waals surface area contributed by atoms with Gasteiger partial charge >= 0.3 is 0 Å². The standard InChI is InChI=1S/C20H35BN2O3/c1-5-20(13-25,22-4)12-23-10-19(23)26-15(3)6-7-16(8-14(2)11-24)17-9-18(17)21/h6-8,11,14-15,17-19,22,25H,5,9-10,12-13,21H2,1-4H3/b7-6-,16-8+. The molecule has 0 radical (unpaired) electrons. The van der Waals surface area contributed by atoms with Crippen molar-refractivity contribution < 1.29 is 14.6 Å². The molecule has 0 aromatic heterocycles. The monoisotopic (exact) mass is 362 g/mol. The summed E-state index contributed by atoms with van der Waals surface area (Å²) in [6.07, 6.45) is 9.54. The number of nitrogens with zero attached hydrogens (tertiary/aromatic N) is 1. The van der Waals surface area contributed by atoms with Crippen LogP contribution in [0.5, 0.6) is 0 Å². The van der Waals surface area contributed by atoms with Crippen LogP contribution in [0.4, 0.5) is 0 Å². The van der Waals surface area contributed by atoms with E-state index in [0.29, 0.717) is 11.7 Å². The normalized spacial score (nSPS) is 32.9. The second kappa shape index (κ2) is 9.31. The molecular formula is C20H35BN2O3. The Morgan fingerprint density at radius 1 is 1.50 bits per heavy atom. The van der Waals surface area contributed by atoms with Gasteiger partial charge in [-0.3, -0.25) is 4.90 Å². The first-order valence-corrected chi connectivity index (χ1v) is 9.92. The number of aliphatic hydroxyl groups excluding tert-OH is 1. The van der Waals surface area contributed by atoms with E-state index in [-0.39, 0.29) is 30.4 Å². The van der Waals surface area contributed by atoms with Gasteiger partial charge in [-0.2, -0.15) is 0 Å². The number of aldehydes is 1. The summed E-state index contributed by atoms with van der Waals surface area (Å²) in [5.74, 6) is 1.26. The van der Waals surface area contributed by atoms with Gasteiger partial charge in [0.15, 0.2) is 0 Å². The number of carbonyl (C=O) groups excluding carboxylic acids is 1. The minimum absolute atomic E-state index is 0.0220. The predicted molar refractivity (Wildman–Crippen MR) is 108 cm³/mol. The fraction of sp³-hybridized carbons (Fsp3) is 0.750.